The zero-order valence-corrected chi connectivity index (χ0v) is 23.1. The van der Waals surface area contributed by atoms with Gasteiger partial charge in [0.05, 0.1) is 20.8 Å². The van der Waals surface area contributed by atoms with Gasteiger partial charge in [0.1, 0.15) is 18.2 Å². The third kappa shape index (κ3) is 6.54. The monoisotopic (exact) mass is 562 g/mol. The highest BCUT2D eigenvalue weighted by Gasteiger charge is 2.24. The predicted molar refractivity (Wildman–Crippen MR) is 153 cm³/mol. The molecule has 208 valence electrons. The molecule has 1 aliphatic heterocycles. The van der Waals surface area contributed by atoms with Gasteiger partial charge in [-0.3, -0.25) is 24.6 Å². The van der Waals surface area contributed by atoms with Gasteiger partial charge in [-0.2, -0.15) is 0 Å². The van der Waals surface area contributed by atoms with Gasteiger partial charge in [0.2, 0.25) is 0 Å². The average Bonchev–Trinajstić information content (AvgIpc) is 3.65. The molecule has 1 aromatic carbocycles. The number of aromatic nitrogens is 2. The van der Waals surface area contributed by atoms with Crippen LogP contribution >= 0.6 is 11.3 Å². The lowest BCUT2D eigenvalue weighted by Gasteiger charge is -2.34. The Hall–Kier alpha value is -3.27. The van der Waals surface area contributed by atoms with Crippen LogP contribution in [-0.2, 0) is 17.8 Å². The summed E-state index contributed by atoms with van der Waals surface area (Å²) in [5.74, 6) is 0.848. The van der Waals surface area contributed by atoms with E-state index in [0.717, 1.165) is 71.9 Å². The molecule has 0 radical (unpaired) electrons. The lowest BCUT2D eigenvalue weighted by atomic mass is 10.0. The Morgan fingerprint density at radius 3 is 2.50 bits per heavy atom. The van der Waals surface area contributed by atoms with Crippen LogP contribution in [0.25, 0.3) is 20.8 Å². The van der Waals surface area contributed by atoms with Crippen molar-refractivity contribution in [1.82, 2.24) is 19.8 Å². The average molecular weight is 563 g/mol. The molecule has 0 N–H and O–H groups in total. The van der Waals surface area contributed by atoms with Crippen molar-refractivity contribution in [2.75, 3.05) is 39.4 Å². The molecule has 1 saturated heterocycles. The van der Waals surface area contributed by atoms with Gasteiger partial charge in [-0.1, -0.05) is 12.1 Å². The highest BCUT2D eigenvalue weighted by atomic mass is 32.1. The molecular weight excluding hydrogens is 530 g/mol. The number of thiophene rings is 1. The number of hydrogen-bond donors (Lipinski definition) is 0. The third-order valence-corrected chi connectivity index (χ3v) is 8.72. The van der Waals surface area contributed by atoms with Gasteiger partial charge in [0, 0.05) is 70.6 Å². The van der Waals surface area contributed by atoms with Gasteiger partial charge < -0.3 is 4.74 Å². The Kier molecular flexibility index (Phi) is 8.13. The number of halogens is 2. The summed E-state index contributed by atoms with van der Waals surface area (Å²) in [6.45, 7) is 4.68. The molecular formula is C31H32F2N4O2S. The van der Waals surface area contributed by atoms with Crippen LogP contribution in [0.1, 0.15) is 30.4 Å². The van der Waals surface area contributed by atoms with E-state index in [4.69, 9.17) is 9.72 Å². The third-order valence-electron chi connectivity index (χ3n) is 7.56. The van der Waals surface area contributed by atoms with Crippen molar-refractivity contribution < 1.29 is 18.3 Å². The van der Waals surface area contributed by atoms with Gasteiger partial charge in [0.15, 0.2) is 11.6 Å². The molecule has 40 heavy (non-hydrogen) atoms. The molecule has 2 fully saturated rings. The smallest absolute Gasteiger partial charge is 0.166 e. The molecule has 6 rings (SSSR count). The number of hydrogen-bond acceptors (Lipinski definition) is 7. The van der Waals surface area contributed by atoms with E-state index in [1.807, 2.05) is 18.3 Å². The van der Waals surface area contributed by atoms with Crippen molar-refractivity contribution in [1.29, 1.82) is 0 Å². The zero-order valence-electron chi connectivity index (χ0n) is 22.3. The minimum atomic E-state index is -0.487. The molecule has 0 spiro atoms. The summed E-state index contributed by atoms with van der Waals surface area (Å²) in [4.78, 5) is 26.8. The van der Waals surface area contributed by atoms with Crippen LogP contribution in [0.3, 0.4) is 0 Å². The van der Waals surface area contributed by atoms with Crippen LogP contribution in [0.4, 0.5) is 8.78 Å². The maximum atomic E-state index is 14.9. The molecule has 4 aromatic rings. The second-order valence-electron chi connectivity index (χ2n) is 10.7. The number of Topliss-reactive ketones (excluding diaryl/α,β-unsaturated/α-hetero) is 1. The standard InChI is InChI=1S/C31H32F2N4O2S/c32-8-10-36-11-13-37(14-12-36)20-23-3-5-26(35-19-23)30-18-27-31(40-30)29(7-9-34-27)39-28-6-4-22(17-25(28)33)16-24(38)15-21-1-2-21/h3-7,9,17-19,21H,1-2,8,10-16,20H2. The van der Waals surface area contributed by atoms with E-state index in [9.17, 15) is 13.6 Å². The Bertz CT molecular complexity index is 1480. The highest BCUT2D eigenvalue weighted by Crippen LogP contribution is 2.39. The van der Waals surface area contributed by atoms with Gasteiger partial charge in [-0.15, -0.1) is 11.3 Å². The molecule has 4 heterocycles. The first-order valence-electron chi connectivity index (χ1n) is 13.9. The fourth-order valence-corrected chi connectivity index (χ4v) is 6.18. The summed E-state index contributed by atoms with van der Waals surface area (Å²) in [5, 5.41) is 0. The first-order valence-corrected chi connectivity index (χ1v) is 14.7. The van der Waals surface area contributed by atoms with E-state index in [0.29, 0.717) is 30.2 Å². The number of alkyl halides is 1. The highest BCUT2D eigenvalue weighted by molar-refractivity contribution is 7.22. The summed E-state index contributed by atoms with van der Waals surface area (Å²) >= 11 is 1.51. The predicted octanol–water partition coefficient (Wildman–Crippen LogP) is 6.29. The number of carbonyl (C=O) groups excluding carboxylic acids is 1. The van der Waals surface area contributed by atoms with Crippen LogP contribution < -0.4 is 4.74 Å². The van der Waals surface area contributed by atoms with Gasteiger partial charge in [-0.05, 0) is 54.2 Å². The van der Waals surface area contributed by atoms with Crippen LogP contribution in [-0.4, -0.2) is 64.9 Å². The molecule has 0 atom stereocenters. The largest absolute Gasteiger partial charge is 0.453 e. The Morgan fingerprint density at radius 2 is 1.77 bits per heavy atom. The minimum Gasteiger partial charge on any atom is -0.453 e. The number of ketones is 1. The first kappa shape index (κ1) is 26.9. The number of piperazine rings is 1. The first-order chi connectivity index (χ1) is 19.5. The maximum Gasteiger partial charge on any atom is 0.166 e. The summed E-state index contributed by atoms with van der Waals surface area (Å²) in [6.07, 6.45) is 6.66. The van der Waals surface area contributed by atoms with Crippen molar-refractivity contribution >= 4 is 27.3 Å². The number of ether oxygens (including phenoxy) is 1. The second kappa shape index (κ2) is 12.1. The zero-order chi connectivity index (χ0) is 27.5. The number of pyridine rings is 2. The summed E-state index contributed by atoms with van der Waals surface area (Å²) in [5.41, 5.74) is 3.41. The summed E-state index contributed by atoms with van der Waals surface area (Å²) in [6, 6.07) is 12.6. The normalized spacial score (nSPS) is 16.4. The van der Waals surface area contributed by atoms with Crippen LogP contribution in [0.2, 0.25) is 0 Å². The molecule has 0 bridgehead atoms. The lowest BCUT2D eigenvalue weighted by molar-refractivity contribution is -0.118. The van der Waals surface area contributed by atoms with Crippen LogP contribution in [0.5, 0.6) is 11.5 Å². The van der Waals surface area contributed by atoms with E-state index < -0.39 is 5.82 Å². The summed E-state index contributed by atoms with van der Waals surface area (Å²) in [7, 11) is 0. The van der Waals surface area contributed by atoms with E-state index in [-0.39, 0.29) is 24.6 Å². The van der Waals surface area contributed by atoms with Crippen molar-refractivity contribution in [3.8, 4) is 22.1 Å². The van der Waals surface area contributed by atoms with Crippen molar-refractivity contribution in [3.05, 3.63) is 71.8 Å². The molecule has 2 aliphatic rings. The van der Waals surface area contributed by atoms with Crippen molar-refractivity contribution in [3.63, 3.8) is 0 Å². The van der Waals surface area contributed by atoms with Gasteiger partial charge >= 0.3 is 0 Å². The molecule has 1 saturated carbocycles. The Balaban J connectivity index is 1.12. The van der Waals surface area contributed by atoms with Crippen LogP contribution in [0.15, 0.2) is 54.9 Å². The van der Waals surface area contributed by atoms with Gasteiger partial charge in [-0.25, -0.2) is 8.78 Å². The second-order valence-corrected chi connectivity index (χ2v) is 11.8. The number of fused-ring (bicyclic) bond motifs is 1. The van der Waals surface area contributed by atoms with Gasteiger partial charge in [0.25, 0.3) is 0 Å². The number of nitrogens with zero attached hydrogens (tertiary/aromatic N) is 4. The molecule has 6 nitrogen and oxygen atoms in total. The minimum absolute atomic E-state index is 0.119. The number of benzene rings is 1. The Morgan fingerprint density at radius 1 is 0.975 bits per heavy atom. The molecule has 0 unspecified atom stereocenters. The Labute approximate surface area is 236 Å². The van der Waals surface area contributed by atoms with E-state index in [1.165, 1.54) is 17.4 Å². The molecule has 9 heteroatoms. The summed E-state index contributed by atoms with van der Waals surface area (Å²) < 4.78 is 34.3. The molecule has 1 aliphatic carbocycles. The van der Waals surface area contributed by atoms with E-state index >= 15 is 0 Å². The fraction of sp³-hybridized carbons (Fsp3) is 0.387. The topological polar surface area (TPSA) is 58.6 Å². The van der Waals surface area contributed by atoms with Crippen molar-refractivity contribution in [2.24, 2.45) is 5.92 Å². The fourth-order valence-electron chi connectivity index (χ4n) is 5.13. The van der Waals surface area contributed by atoms with Crippen LogP contribution in [0, 0.1) is 11.7 Å². The molecule has 0 amide bonds. The molecule has 3 aromatic heterocycles. The number of rotatable bonds is 11. The lowest BCUT2D eigenvalue weighted by Crippen LogP contribution is -2.46. The number of carbonyl (C=O) groups is 1. The van der Waals surface area contributed by atoms with Crippen molar-refractivity contribution in [2.45, 2.75) is 32.2 Å². The van der Waals surface area contributed by atoms with E-state index in [2.05, 4.69) is 20.9 Å². The quantitative estimate of drug-likeness (QED) is 0.214. The SMILES string of the molecule is O=C(Cc1ccc(Oc2ccnc3cc(-c4ccc(CN5CCN(CCF)CC5)cn4)sc23)c(F)c1)CC1CC1. The van der Waals surface area contributed by atoms with E-state index in [1.54, 1.807) is 24.4 Å². The maximum absolute atomic E-state index is 14.9.